The highest BCUT2D eigenvalue weighted by atomic mass is 16.6. The molecule has 2 fully saturated rings. The number of nitrogens with one attached hydrogen (secondary N) is 1. The first-order valence-corrected chi connectivity index (χ1v) is 11.2. The number of rotatable bonds is 8. The summed E-state index contributed by atoms with van der Waals surface area (Å²) >= 11 is 0. The standard InChI is InChI=1S/C23H36N2O3/c1-2-3-9-17-27-20-12-10-11-19(18-20)24-23(26)28-22-14-6-5-13-21(22)25-15-7-4-8-16-25/h10-12,18,21-22H,2-9,13-17H2,1H3,(H,24,26)/t21-,22?/m1/s1. The second kappa shape index (κ2) is 11.3. The number of nitrogens with zero attached hydrogens (tertiary/aromatic N) is 1. The van der Waals surface area contributed by atoms with Gasteiger partial charge in [-0.3, -0.25) is 10.2 Å². The van der Waals surface area contributed by atoms with E-state index in [2.05, 4.69) is 17.1 Å². The largest absolute Gasteiger partial charge is 0.494 e. The Morgan fingerprint density at radius 2 is 1.93 bits per heavy atom. The fourth-order valence-corrected chi connectivity index (χ4v) is 4.37. The van der Waals surface area contributed by atoms with Crippen LogP contribution in [0.3, 0.4) is 0 Å². The van der Waals surface area contributed by atoms with E-state index in [1.807, 2.05) is 24.3 Å². The van der Waals surface area contributed by atoms with Gasteiger partial charge in [-0.05, 0) is 63.7 Å². The van der Waals surface area contributed by atoms with E-state index in [9.17, 15) is 4.79 Å². The molecule has 156 valence electrons. The van der Waals surface area contributed by atoms with Gasteiger partial charge in [0.25, 0.3) is 0 Å². The van der Waals surface area contributed by atoms with Crippen LogP contribution >= 0.6 is 0 Å². The molecule has 5 nitrogen and oxygen atoms in total. The van der Waals surface area contributed by atoms with E-state index in [0.717, 1.165) is 50.2 Å². The molecule has 1 N–H and O–H groups in total. The molecular weight excluding hydrogens is 352 g/mol. The zero-order chi connectivity index (χ0) is 19.6. The second-order valence-electron chi connectivity index (χ2n) is 8.10. The lowest BCUT2D eigenvalue weighted by Gasteiger charge is -2.41. The number of unbranched alkanes of at least 4 members (excludes halogenated alkanes) is 2. The Hall–Kier alpha value is -1.75. The topological polar surface area (TPSA) is 50.8 Å². The molecule has 1 aromatic rings. The molecular formula is C23H36N2O3. The van der Waals surface area contributed by atoms with E-state index in [4.69, 9.17) is 9.47 Å². The highest BCUT2D eigenvalue weighted by molar-refractivity contribution is 5.85. The number of carbonyl (C=O) groups excluding carboxylic acids is 1. The molecule has 1 amide bonds. The van der Waals surface area contributed by atoms with Crippen LogP contribution in [0.2, 0.25) is 0 Å². The van der Waals surface area contributed by atoms with Crippen molar-refractivity contribution in [2.75, 3.05) is 25.0 Å². The number of benzene rings is 1. The molecule has 1 aromatic carbocycles. The van der Waals surface area contributed by atoms with Gasteiger partial charge in [0, 0.05) is 17.8 Å². The van der Waals surface area contributed by atoms with Crippen molar-refractivity contribution in [2.45, 2.75) is 83.3 Å². The minimum Gasteiger partial charge on any atom is -0.494 e. The SMILES string of the molecule is CCCCCOc1cccc(NC(=O)OC2CCCC[C@H]2N2CCCCC2)c1. The van der Waals surface area contributed by atoms with Gasteiger partial charge >= 0.3 is 6.09 Å². The fraction of sp³-hybridized carbons (Fsp3) is 0.696. The van der Waals surface area contributed by atoms with Gasteiger partial charge < -0.3 is 9.47 Å². The molecule has 0 bridgehead atoms. The van der Waals surface area contributed by atoms with Gasteiger partial charge in [0.05, 0.1) is 6.61 Å². The van der Waals surface area contributed by atoms with Crippen LogP contribution in [0.5, 0.6) is 5.75 Å². The van der Waals surface area contributed by atoms with E-state index in [-0.39, 0.29) is 12.2 Å². The monoisotopic (exact) mass is 388 g/mol. The van der Waals surface area contributed by atoms with Crippen molar-refractivity contribution in [3.8, 4) is 5.75 Å². The molecule has 2 atom stereocenters. The second-order valence-corrected chi connectivity index (χ2v) is 8.10. The lowest BCUT2D eigenvalue weighted by atomic mass is 9.90. The first kappa shape index (κ1) is 21.0. The molecule has 1 saturated heterocycles. The number of hydrogen-bond acceptors (Lipinski definition) is 4. The van der Waals surface area contributed by atoms with Gasteiger partial charge in [-0.15, -0.1) is 0 Å². The van der Waals surface area contributed by atoms with Crippen LogP contribution in [0, 0.1) is 0 Å². The normalized spacial score (nSPS) is 23.2. The quantitative estimate of drug-likeness (QED) is 0.589. The molecule has 1 aliphatic carbocycles. The number of likely N-dealkylation sites (tertiary alicyclic amines) is 1. The van der Waals surface area contributed by atoms with E-state index < -0.39 is 0 Å². The van der Waals surface area contributed by atoms with Gasteiger partial charge in [-0.2, -0.15) is 0 Å². The summed E-state index contributed by atoms with van der Waals surface area (Å²) in [6.07, 6.45) is 11.4. The Labute approximate surface area is 169 Å². The Morgan fingerprint density at radius 1 is 1.11 bits per heavy atom. The predicted molar refractivity (Wildman–Crippen MR) is 113 cm³/mol. The number of anilines is 1. The average molecular weight is 389 g/mol. The molecule has 0 radical (unpaired) electrons. The maximum Gasteiger partial charge on any atom is 0.411 e. The van der Waals surface area contributed by atoms with Crippen molar-refractivity contribution in [3.05, 3.63) is 24.3 Å². The summed E-state index contributed by atoms with van der Waals surface area (Å²) in [6.45, 7) is 5.17. The van der Waals surface area contributed by atoms with Crippen LogP contribution in [0.25, 0.3) is 0 Å². The molecule has 1 heterocycles. The summed E-state index contributed by atoms with van der Waals surface area (Å²) in [5, 5.41) is 2.90. The van der Waals surface area contributed by atoms with Crippen molar-refractivity contribution >= 4 is 11.8 Å². The van der Waals surface area contributed by atoms with Crippen molar-refractivity contribution in [1.82, 2.24) is 4.90 Å². The lowest BCUT2D eigenvalue weighted by molar-refractivity contribution is 0.00174. The van der Waals surface area contributed by atoms with Crippen LogP contribution in [0.1, 0.15) is 71.1 Å². The molecule has 3 rings (SSSR count). The Kier molecular flexibility index (Phi) is 8.46. The highest BCUT2D eigenvalue weighted by Gasteiger charge is 2.33. The van der Waals surface area contributed by atoms with Gasteiger partial charge in [0.2, 0.25) is 0 Å². The zero-order valence-electron chi connectivity index (χ0n) is 17.3. The molecule has 1 aliphatic heterocycles. The third kappa shape index (κ3) is 6.40. The number of ether oxygens (including phenoxy) is 2. The zero-order valence-corrected chi connectivity index (χ0v) is 17.3. The predicted octanol–water partition coefficient (Wildman–Crippen LogP) is 5.60. The van der Waals surface area contributed by atoms with Gasteiger partial charge in [-0.25, -0.2) is 4.79 Å². The Balaban J connectivity index is 1.51. The molecule has 0 spiro atoms. The van der Waals surface area contributed by atoms with E-state index in [1.165, 1.54) is 38.5 Å². The first-order valence-electron chi connectivity index (χ1n) is 11.2. The fourth-order valence-electron chi connectivity index (χ4n) is 4.37. The molecule has 5 heteroatoms. The number of carbonyl (C=O) groups is 1. The summed E-state index contributed by atoms with van der Waals surface area (Å²) in [6, 6.07) is 7.96. The van der Waals surface area contributed by atoms with Crippen molar-refractivity contribution < 1.29 is 14.3 Å². The number of hydrogen-bond donors (Lipinski definition) is 1. The minimum atomic E-state index is -0.350. The van der Waals surface area contributed by atoms with Gasteiger partial charge in [0.1, 0.15) is 11.9 Å². The van der Waals surface area contributed by atoms with E-state index in [0.29, 0.717) is 12.6 Å². The smallest absolute Gasteiger partial charge is 0.411 e. The Morgan fingerprint density at radius 3 is 2.75 bits per heavy atom. The summed E-state index contributed by atoms with van der Waals surface area (Å²) in [5.74, 6) is 0.790. The van der Waals surface area contributed by atoms with Crippen LogP contribution < -0.4 is 10.1 Å². The van der Waals surface area contributed by atoms with Crippen molar-refractivity contribution in [1.29, 1.82) is 0 Å². The summed E-state index contributed by atoms with van der Waals surface area (Å²) in [4.78, 5) is 15.1. The van der Waals surface area contributed by atoms with Crippen LogP contribution in [-0.2, 0) is 4.74 Å². The van der Waals surface area contributed by atoms with Gasteiger partial charge in [0.15, 0.2) is 0 Å². The third-order valence-electron chi connectivity index (χ3n) is 5.88. The van der Waals surface area contributed by atoms with E-state index >= 15 is 0 Å². The minimum absolute atomic E-state index is 0.000302. The molecule has 1 unspecified atom stereocenters. The van der Waals surface area contributed by atoms with Crippen LogP contribution in [-0.4, -0.2) is 42.8 Å². The summed E-state index contributed by atoms with van der Waals surface area (Å²) in [7, 11) is 0. The molecule has 0 aromatic heterocycles. The van der Waals surface area contributed by atoms with Crippen LogP contribution in [0.15, 0.2) is 24.3 Å². The number of amides is 1. The molecule has 1 saturated carbocycles. The van der Waals surface area contributed by atoms with Crippen LogP contribution in [0.4, 0.5) is 10.5 Å². The third-order valence-corrected chi connectivity index (χ3v) is 5.88. The Bertz CT molecular complexity index is 601. The van der Waals surface area contributed by atoms with E-state index in [1.54, 1.807) is 0 Å². The van der Waals surface area contributed by atoms with Crippen molar-refractivity contribution in [3.63, 3.8) is 0 Å². The molecule has 28 heavy (non-hydrogen) atoms. The van der Waals surface area contributed by atoms with Crippen molar-refractivity contribution in [2.24, 2.45) is 0 Å². The highest BCUT2D eigenvalue weighted by Crippen LogP contribution is 2.28. The average Bonchev–Trinajstić information content (AvgIpc) is 2.72. The maximum absolute atomic E-state index is 12.5. The lowest BCUT2D eigenvalue weighted by Crippen LogP contribution is -2.49. The number of piperidine rings is 1. The molecule has 2 aliphatic rings. The first-order chi connectivity index (χ1) is 13.8. The maximum atomic E-state index is 12.5. The summed E-state index contributed by atoms with van der Waals surface area (Å²) in [5.41, 5.74) is 0.725. The summed E-state index contributed by atoms with van der Waals surface area (Å²) < 4.78 is 11.7. The van der Waals surface area contributed by atoms with Gasteiger partial charge in [-0.1, -0.05) is 38.7 Å².